The molecule has 0 radical (unpaired) electrons. The molecule has 4 rings (SSSR count). The first-order chi connectivity index (χ1) is 13.2. The van der Waals surface area contributed by atoms with Gasteiger partial charge in [-0.1, -0.05) is 25.8 Å². The number of nitrogens with zero attached hydrogens (tertiary/aromatic N) is 6. The zero-order chi connectivity index (χ0) is 18.8. The predicted molar refractivity (Wildman–Crippen MR) is 108 cm³/mol. The molecule has 0 unspecified atom stereocenters. The lowest BCUT2D eigenvalue weighted by molar-refractivity contribution is 0.602. The quantitative estimate of drug-likeness (QED) is 0.541. The summed E-state index contributed by atoms with van der Waals surface area (Å²) in [4.78, 5) is 21.8. The van der Waals surface area contributed by atoms with Crippen LogP contribution in [0.3, 0.4) is 0 Å². The van der Waals surface area contributed by atoms with Crippen molar-refractivity contribution in [2.24, 2.45) is 4.99 Å². The fourth-order valence-corrected chi connectivity index (χ4v) is 3.90. The van der Waals surface area contributed by atoms with Gasteiger partial charge in [-0.05, 0) is 40.4 Å². The highest BCUT2D eigenvalue weighted by Gasteiger charge is 2.25. The molecule has 0 amide bonds. The van der Waals surface area contributed by atoms with Gasteiger partial charge in [0, 0.05) is 31.8 Å². The van der Waals surface area contributed by atoms with Gasteiger partial charge in [0.15, 0.2) is 0 Å². The highest BCUT2D eigenvalue weighted by atomic mass is 79.9. The number of rotatable bonds is 7. The highest BCUT2D eigenvalue weighted by molar-refractivity contribution is 9.18. The second kappa shape index (κ2) is 7.72. The number of aromatic nitrogens is 5. The molecule has 0 saturated carbocycles. The number of hydrogen-bond acceptors (Lipinski definition) is 5. The van der Waals surface area contributed by atoms with Crippen molar-refractivity contribution in [3.63, 3.8) is 0 Å². The minimum absolute atomic E-state index is 0.0591. The number of hydrogen-bond donors (Lipinski definition) is 0. The van der Waals surface area contributed by atoms with E-state index < -0.39 is 0 Å². The maximum atomic E-state index is 13.1. The van der Waals surface area contributed by atoms with Crippen LogP contribution in [-0.2, 0) is 25.8 Å². The van der Waals surface area contributed by atoms with Gasteiger partial charge in [-0.25, -0.2) is 9.39 Å². The normalized spacial score (nSPS) is 13.2. The van der Waals surface area contributed by atoms with Crippen LogP contribution in [-0.4, -0.2) is 28.8 Å². The van der Waals surface area contributed by atoms with Crippen molar-refractivity contribution in [1.29, 1.82) is 0 Å². The maximum absolute atomic E-state index is 13.1. The van der Waals surface area contributed by atoms with Crippen LogP contribution < -0.4 is 5.56 Å². The molecule has 140 valence electrons. The topological polar surface area (TPSA) is 77.4 Å². The van der Waals surface area contributed by atoms with Crippen molar-refractivity contribution < 1.29 is 0 Å². The zero-order valence-electron chi connectivity index (χ0n) is 15.2. The zero-order valence-corrected chi connectivity index (χ0v) is 16.8. The molecular weight excluding hydrogens is 408 g/mol. The molecule has 0 spiro atoms. The monoisotopic (exact) mass is 428 g/mol. The smallest absolute Gasteiger partial charge is 0.266 e. The summed E-state index contributed by atoms with van der Waals surface area (Å²) in [5.41, 5.74) is 1.77. The largest absolute Gasteiger partial charge is 0.294 e. The second-order valence-electron chi connectivity index (χ2n) is 6.74. The number of pyridine rings is 1. The number of fused-ring (bicyclic) bond motifs is 2. The molecule has 1 aliphatic rings. The fraction of sp³-hybridized carbons (Fsp3) is 0.421. The first-order valence-electron chi connectivity index (χ1n) is 9.30. The molecule has 0 aromatic carbocycles. The van der Waals surface area contributed by atoms with E-state index in [1.807, 2.05) is 22.9 Å². The van der Waals surface area contributed by atoms with Gasteiger partial charge < -0.3 is 0 Å². The molecule has 8 heteroatoms. The van der Waals surface area contributed by atoms with Gasteiger partial charge in [0.1, 0.15) is 11.6 Å². The van der Waals surface area contributed by atoms with Crippen LogP contribution in [0.1, 0.15) is 43.1 Å². The third-order valence-corrected chi connectivity index (χ3v) is 5.29. The van der Waals surface area contributed by atoms with Crippen molar-refractivity contribution in [3.8, 4) is 0 Å². The first kappa shape index (κ1) is 18.0. The third-order valence-electron chi connectivity index (χ3n) is 4.84. The molecule has 3 aromatic rings. The summed E-state index contributed by atoms with van der Waals surface area (Å²) in [6.45, 7) is 2.96. The van der Waals surface area contributed by atoms with Gasteiger partial charge >= 0.3 is 0 Å². The van der Waals surface area contributed by atoms with E-state index in [-0.39, 0.29) is 5.56 Å². The average Bonchev–Trinajstić information content (AvgIpc) is 3.28. The molecule has 0 aliphatic carbocycles. The lowest BCUT2D eigenvalue weighted by Gasteiger charge is -2.12. The van der Waals surface area contributed by atoms with Crippen LogP contribution in [0.25, 0.3) is 5.78 Å². The van der Waals surface area contributed by atoms with E-state index in [2.05, 4.69) is 43.0 Å². The molecule has 3 aromatic heterocycles. The van der Waals surface area contributed by atoms with Crippen LogP contribution in [0, 0.1) is 0 Å². The summed E-state index contributed by atoms with van der Waals surface area (Å²) >= 11 is 3.46. The molecule has 4 heterocycles. The Kier molecular flexibility index (Phi) is 5.15. The standard InChI is InChI=1S/C19H21BrN6O/c1-2-3-4-10-25-17-14(11-15(20)22-17)18(27)26-16(23-24-19(25)26)8-7-13-6-5-9-21-12-13/h5-6,9,12H,2-4,7-8,10-11H2,1H3. The Bertz CT molecular complexity index is 1050. The van der Waals surface area contributed by atoms with Gasteiger partial charge in [0.2, 0.25) is 5.78 Å². The van der Waals surface area contributed by atoms with Crippen LogP contribution in [0.5, 0.6) is 0 Å². The first-order valence-corrected chi connectivity index (χ1v) is 10.1. The van der Waals surface area contributed by atoms with Crippen molar-refractivity contribution in [2.75, 3.05) is 0 Å². The van der Waals surface area contributed by atoms with Gasteiger partial charge in [-0.15, -0.1) is 10.2 Å². The van der Waals surface area contributed by atoms with Crippen LogP contribution in [0.2, 0.25) is 0 Å². The van der Waals surface area contributed by atoms with Gasteiger partial charge in [-0.2, -0.15) is 0 Å². The minimum Gasteiger partial charge on any atom is -0.294 e. The van der Waals surface area contributed by atoms with Crippen molar-refractivity contribution >= 4 is 32.1 Å². The Morgan fingerprint density at radius 3 is 2.89 bits per heavy atom. The Labute approximate surface area is 165 Å². The number of aryl methyl sites for hydroxylation is 3. The lowest BCUT2D eigenvalue weighted by atomic mass is 10.1. The molecule has 0 saturated heterocycles. The van der Waals surface area contributed by atoms with Crippen molar-refractivity contribution in [2.45, 2.75) is 52.0 Å². The summed E-state index contributed by atoms with van der Waals surface area (Å²) in [6.07, 6.45) is 8.80. The number of unbranched alkanes of at least 4 members (excludes halogenated alkanes) is 2. The summed E-state index contributed by atoms with van der Waals surface area (Å²) in [7, 11) is 0. The van der Waals surface area contributed by atoms with E-state index in [0.29, 0.717) is 30.0 Å². The molecular formula is C19H21BrN6O. The number of aliphatic imine (C=N–C) groups is 1. The Balaban J connectivity index is 1.75. The summed E-state index contributed by atoms with van der Waals surface area (Å²) in [5, 5.41) is 8.68. The minimum atomic E-state index is -0.0591. The van der Waals surface area contributed by atoms with Gasteiger partial charge in [0.25, 0.3) is 5.56 Å². The van der Waals surface area contributed by atoms with E-state index in [9.17, 15) is 4.79 Å². The maximum Gasteiger partial charge on any atom is 0.266 e. The van der Waals surface area contributed by atoms with Crippen molar-refractivity contribution in [3.05, 3.63) is 51.8 Å². The van der Waals surface area contributed by atoms with Crippen LogP contribution >= 0.6 is 15.9 Å². The fourth-order valence-electron chi connectivity index (χ4n) is 3.45. The predicted octanol–water partition coefficient (Wildman–Crippen LogP) is 3.24. The van der Waals surface area contributed by atoms with E-state index >= 15 is 0 Å². The summed E-state index contributed by atoms with van der Waals surface area (Å²) < 4.78 is 4.50. The van der Waals surface area contributed by atoms with Gasteiger partial charge in [0.05, 0.1) is 10.2 Å². The molecule has 0 atom stereocenters. The van der Waals surface area contributed by atoms with E-state index in [0.717, 1.165) is 48.2 Å². The average molecular weight is 429 g/mol. The SMILES string of the molecule is CCCCCn1c2c(c(=O)n3c(CCc4cccnc4)nnc13)CC(Br)=N2. The second-order valence-corrected chi connectivity index (χ2v) is 7.66. The number of halogens is 1. The van der Waals surface area contributed by atoms with E-state index in [4.69, 9.17) is 0 Å². The van der Waals surface area contributed by atoms with E-state index in [1.54, 1.807) is 10.6 Å². The molecule has 27 heavy (non-hydrogen) atoms. The Morgan fingerprint density at radius 1 is 1.22 bits per heavy atom. The Hall–Kier alpha value is -2.35. The van der Waals surface area contributed by atoms with Crippen molar-refractivity contribution in [1.82, 2.24) is 24.1 Å². The molecule has 0 fully saturated rings. The van der Waals surface area contributed by atoms with Crippen LogP contribution in [0.15, 0.2) is 34.3 Å². The summed E-state index contributed by atoms with van der Waals surface area (Å²) in [5.74, 6) is 2.00. The Morgan fingerprint density at radius 2 is 2.11 bits per heavy atom. The molecule has 1 aliphatic heterocycles. The molecule has 0 bridgehead atoms. The summed E-state index contributed by atoms with van der Waals surface area (Å²) in [6, 6.07) is 3.95. The third kappa shape index (κ3) is 3.45. The van der Waals surface area contributed by atoms with Gasteiger partial charge in [-0.3, -0.25) is 14.3 Å². The molecule has 7 nitrogen and oxygen atoms in total. The lowest BCUT2D eigenvalue weighted by Crippen LogP contribution is -2.24. The van der Waals surface area contributed by atoms with Crippen LogP contribution in [0.4, 0.5) is 5.82 Å². The van der Waals surface area contributed by atoms with E-state index in [1.165, 1.54) is 0 Å². The molecule has 0 N–H and O–H groups in total. The highest BCUT2D eigenvalue weighted by Crippen LogP contribution is 2.28.